The van der Waals surface area contributed by atoms with E-state index in [4.69, 9.17) is 23.6 Å². The molecule has 0 bridgehead atoms. The Balaban J connectivity index is 1.59. The zero-order valence-electron chi connectivity index (χ0n) is 24.4. The number of para-hydroxylation sites is 1. The third-order valence-corrected chi connectivity index (χ3v) is 7.82. The van der Waals surface area contributed by atoms with Crippen molar-refractivity contribution in [2.45, 2.75) is 47.1 Å². The minimum Gasteiger partial charge on any atom is -0.497 e. The van der Waals surface area contributed by atoms with E-state index in [0.29, 0.717) is 29.1 Å². The summed E-state index contributed by atoms with van der Waals surface area (Å²) in [6.45, 7) is 8.27. The second kappa shape index (κ2) is 11.2. The molecule has 5 rings (SSSR count). The smallest absolute Gasteiger partial charge is 0.341 e. The summed E-state index contributed by atoms with van der Waals surface area (Å²) < 4.78 is 21.6. The number of nitrogens with zero attached hydrogens (tertiary/aromatic N) is 1. The van der Waals surface area contributed by atoms with E-state index in [1.165, 1.54) is 7.11 Å². The monoisotopic (exact) mass is 553 g/mol. The molecule has 1 aliphatic rings. The van der Waals surface area contributed by atoms with Gasteiger partial charge in [0.05, 0.1) is 31.0 Å². The number of aryl methyl sites for hydroxylation is 1. The molecule has 2 aromatic heterocycles. The molecule has 4 aromatic rings. The van der Waals surface area contributed by atoms with Crippen LogP contribution in [0.3, 0.4) is 0 Å². The fourth-order valence-electron chi connectivity index (χ4n) is 5.41. The van der Waals surface area contributed by atoms with Gasteiger partial charge in [0, 0.05) is 5.39 Å². The van der Waals surface area contributed by atoms with E-state index in [1.807, 2.05) is 48.5 Å². The Labute approximate surface area is 240 Å². The van der Waals surface area contributed by atoms with Crippen LogP contribution < -0.4 is 4.74 Å². The SMILES string of the molecule is COC(=O)c1cc(COC(=O)c2c3c(nc4ccccc24)C(=Cc2ccc(OC)cc2)CC(C(C)(C)C)C3)oc1C. The maximum Gasteiger partial charge on any atom is 0.341 e. The van der Waals surface area contributed by atoms with Crippen LogP contribution in [-0.4, -0.2) is 31.1 Å². The van der Waals surface area contributed by atoms with Crippen molar-refractivity contribution in [3.05, 3.63) is 94.1 Å². The number of allylic oxidation sites excluding steroid dienone is 1. The van der Waals surface area contributed by atoms with Gasteiger partial charge in [-0.25, -0.2) is 14.6 Å². The largest absolute Gasteiger partial charge is 0.497 e. The summed E-state index contributed by atoms with van der Waals surface area (Å²) >= 11 is 0. The predicted octanol–water partition coefficient (Wildman–Crippen LogP) is 7.44. The Hall–Kier alpha value is -4.39. The summed E-state index contributed by atoms with van der Waals surface area (Å²) in [6, 6.07) is 17.2. The van der Waals surface area contributed by atoms with E-state index in [0.717, 1.165) is 45.5 Å². The number of hydrogen-bond donors (Lipinski definition) is 0. The first-order chi connectivity index (χ1) is 19.6. The average Bonchev–Trinajstić information content (AvgIpc) is 3.34. The number of esters is 2. The lowest BCUT2D eigenvalue weighted by Gasteiger charge is -2.36. The fraction of sp³-hybridized carbons (Fsp3) is 0.324. The van der Waals surface area contributed by atoms with E-state index in [1.54, 1.807) is 20.1 Å². The summed E-state index contributed by atoms with van der Waals surface area (Å²) in [7, 11) is 2.97. The number of benzene rings is 2. The van der Waals surface area contributed by atoms with Crippen molar-refractivity contribution in [3.63, 3.8) is 0 Å². The Morgan fingerprint density at radius 3 is 2.44 bits per heavy atom. The van der Waals surface area contributed by atoms with Crippen LogP contribution in [0.25, 0.3) is 22.6 Å². The van der Waals surface area contributed by atoms with Crippen LogP contribution in [0.4, 0.5) is 0 Å². The number of ether oxygens (including phenoxy) is 3. The molecule has 0 saturated carbocycles. The molecule has 7 nitrogen and oxygen atoms in total. The van der Waals surface area contributed by atoms with Gasteiger partial charge in [0.25, 0.3) is 0 Å². The van der Waals surface area contributed by atoms with Gasteiger partial charge < -0.3 is 18.6 Å². The molecule has 0 amide bonds. The van der Waals surface area contributed by atoms with Gasteiger partial charge in [-0.1, -0.05) is 51.1 Å². The normalized spacial score (nSPS) is 16.0. The molecule has 7 heteroatoms. The minimum atomic E-state index is -0.498. The van der Waals surface area contributed by atoms with Gasteiger partial charge in [-0.2, -0.15) is 0 Å². The van der Waals surface area contributed by atoms with Crippen LogP contribution in [0, 0.1) is 18.3 Å². The number of fused-ring (bicyclic) bond motifs is 2. The lowest BCUT2D eigenvalue weighted by Crippen LogP contribution is -2.28. The Bertz CT molecular complexity index is 1640. The molecule has 1 unspecified atom stereocenters. The molecule has 0 aliphatic heterocycles. The van der Waals surface area contributed by atoms with E-state index >= 15 is 0 Å². The number of carbonyl (C=O) groups is 2. The highest BCUT2D eigenvalue weighted by Gasteiger charge is 2.35. The molecule has 1 aliphatic carbocycles. The van der Waals surface area contributed by atoms with Gasteiger partial charge >= 0.3 is 11.9 Å². The van der Waals surface area contributed by atoms with Crippen LogP contribution in [0.2, 0.25) is 0 Å². The highest BCUT2D eigenvalue weighted by Crippen LogP contribution is 2.45. The predicted molar refractivity (Wildman–Crippen MR) is 158 cm³/mol. The van der Waals surface area contributed by atoms with Gasteiger partial charge in [-0.3, -0.25) is 0 Å². The Morgan fingerprint density at radius 2 is 1.76 bits per heavy atom. The maximum atomic E-state index is 13.9. The van der Waals surface area contributed by atoms with Gasteiger partial charge in [0.15, 0.2) is 0 Å². The molecule has 212 valence electrons. The number of pyridine rings is 1. The summed E-state index contributed by atoms with van der Waals surface area (Å²) in [6.07, 6.45) is 3.70. The summed E-state index contributed by atoms with van der Waals surface area (Å²) in [5.41, 5.74) is 5.41. The third kappa shape index (κ3) is 5.75. The average molecular weight is 554 g/mol. The number of rotatable bonds is 6. The van der Waals surface area contributed by atoms with Gasteiger partial charge in [0.1, 0.15) is 29.4 Å². The summed E-state index contributed by atoms with van der Waals surface area (Å²) in [4.78, 5) is 31.0. The minimum absolute atomic E-state index is 0.000506. The standard InChI is InChI=1S/C34H35NO6/c1-20-27(32(36)39-6)18-25(41-20)19-40-33(37)30-26-9-7-8-10-29(26)35-31-22(15-21-11-13-24(38-5)14-12-21)16-23(17-28(30)31)34(2,3)4/h7-15,18,23H,16-17,19H2,1-6H3. The van der Waals surface area contributed by atoms with Crippen molar-refractivity contribution < 1.29 is 28.2 Å². The molecule has 0 saturated heterocycles. The zero-order chi connectivity index (χ0) is 29.3. The molecule has 0 fully saturated rings. The number of methoxy groups -OCH3 is 2. The van der Waals surface area contributed by atoms with Crippen LogP contribution in [0.1, 0.15) is 76.2 Å². The van der Waals surface area contributed by atoms with Gasteiger partial charge in [0.2, 0.25) is 0 Å². The molecule has 0 spiro atoms. The maximum absolute atomic E-state index is 13.9. The van der Waals surface area contributed by atoms with Crippen molar-refractivity contribution in [2.75, 3.05) is 14.2 Å². The van der Waals surface area contributed by atoms with Crippen LogP contribution in [-0.2, 0) is 22.5 Å². The lowest BCUT2D eigenvalue weighted by molar-refractivity contribution is 0.0443. The van der Waals surface area contributed by atoms with Crippen molar-refractivity contribution in [1.82, 2.24) is 4.98 Å². The van der Waals surface area contributed by atoms with Crippen LogP contribution >= 0.6 is 0 Å². The second-order valence-corrected chi connectivity index (χ2v) is 11.5. The van der Waals surface area contributed by atoms with Crippen molar-refractivity contribution in [1.29, 1.82) is 0 Å². The lowest BCUT2D eigenvalue weighted by atomic mass is 9.69. The van der Waals surface area contributed by atoms with Crippen molar-refractivity contribution in [2.24, 2.45) is 11.3 Å². The van der Waals surface area contributed by atoms with Gasteiger partial charge in [-0.05, 0) is 78.1 Å². The highest BCUT2D eigenvalue weighted by atomic mass is 16.5. The van der Waals surface area contributed by atoms with Crippen molar-refractivity contribution in [3.8, 4) is 5.75 Å². The molecule has 1 atom stereocenters. The molecule has 0 radical (unpaired) electrons. The molecule has 2 heterocycles. The topological polar surface area (TPSA) is 87.9 Å². The number of hydrogen-bond acceptors (Lipinski definition) is 7. The molecular weight excluding hydrogens is 518 g/mol. The van der Waals surface area contributed by atoms with Gasteiger partial charge in [-0.15, -0.1) is 0 Å². The number of aromatic nitrogens is 1. The Morgan fingerprint density at radius 1 is 1.02 bits per heavy atom. The first-order valence-electron chi connectivity index (χ1n) is 13.7. The van der Waals surface area contributed by atoms with E-state index < -0.39 is 11.9 Å². The first kappa shape index (κ1) is 28.1. The summed E-state index contributed by atoms with van der Waals surface area (Å²) in [5.74, 6) is 0.911. The van der Waals surface area contributed by atoms with E-state index in [9.17, 15) is 9.59 Å². The van der Waals surface area contributed by atoms with Crippen molar-refractivity contribution >= 4 is 34.5 Å². The summed E-state index contributed by atoms with van der Waals surface area (Å²) in [5, 5.41) is 0.750. The van der Waals surface area contributed by atoms with Crippen LogP contribution in [0.15, 0.2) is 59.0 Å². The fourth-order valence-corrected chi connectivity index (χ4v) is 5.41. The number of furan rings is 1. The van der Waals surface area contributed by atoms with Crippen LogP contribution in [0.5, 0.6) is 5.75 Å². The molecule has 41 heavy (non-hydrogen) atoms. The molecular formula is C34H35NO6. The first-order valence-corrected chi connectivity index (χ1v) is 13.7. The second-order valence-electron chi connectivity index (χ2n) is 11.5. The number of carbonyl (C=O) groups excluding carboxylic acids is 2. The van der Waals surface area contributed by atoms with E-state index in [-0.39, 0.29) is 17.9 Å². The zero-order valence-corrected chi connectivity index (χ0v) is 24.4. The Kier molecular flexibility index (Phi) is 7.72. The molecule has 2 aromatic carbocycles. The molecule has 0 N–H and O–H groups in total. The quantitative estimate of drug-likeness (QED) is 0.229. The van der Waals surface area contributed by atoms with E-state index in [2.05, 4.69) is 26.8 Å². The highest BCUT2D eigenvalue weighted by molar-refractivity contribution is 6.06. The third-order valence-electron chi connectivity index (χ3n) is 7.82.